The summed E-state index contributed by atoms with van der Waals surface area (Å²) in [6.45, 7) is 2.01. The smallest absolute Gasteiger partial charge is 0.407 e. The van der Waals surface area contributed by atoms with Gasteiger partial charge in [0.2, 0.25) is 0 Å². The monoisotopic (exact) mass is 534 g/mol. The van der Waals surface area contributed by atoms with Crippen molar-refractivity contribution in [2.75, 3.05) is 11.8 Å². The lowest BCUT2D eigenvalue weighted by molar-refractivity contribution is 0.0757. The van der Waals surface area contributed by atoms with Crippen LogP contribution in [-0.4, -0.2) is 48.5 Å². The Labute approximate surface area is 214 Å². The van der Waals surface area contributed by atoms with Gasteiger partial charge in [-0.3, -0.25) is 14.6 Å². The first-order valence-electron chi connectivity index (χ1n) is 11.3. The number of hydrogen-bond acceptors (Lipinski definition) is 8. The molecular formula is C24H30N4O6S2. The zero-order valence-electron chi connectivity index (χ0n) is 19.9. The van der Waals surface area contributed by atoms with Crippen molar-refractivity contribution in [2.45, 2.75) is 44.5 Å². The maximum absolute atomic E-state index is 12.0. The lowest BCUT2D eigenvalue weighted by Gasteiger charge is -2.28. The molecule has 1 amide bonds. The van der Waals surface area contributed by atoms with Crippen LogP contribution in [0.5, 0.6) is 0 Å². The molecule has 3 aromatic rings. The first-order chi connectivity index (χ1) is 17.2. The highest BCUT2D eigenvalue weighted by atomic mass is 32.2. The van der Waals surface area contributed by atoms with Crippen LogP contribution in [0.3, 0.4) is 0 Å². The summed E-state index contributed by atoms with van der Waals surface area (Å²) in [4.78, 5) is 16.7. The van der Waals surface area contributed by atoms with Crippen molar-refractivity contribution in [1.82, 2.24) is 15.6 Å². The third-order valence-electron chi connectivity index (χ3n) is 5.41. The number of aliphatic hydroxyl groups excluding tert-OH is 1. The minimum Gasteiger partial charge on any atom is -0.453 e. The predicted molar refractivity (Wildman–Crippen MR) is 138 cm³/mol. The Hall–Kier alpha value is -3.03. The molecule has 0 spiro atoms. The summed E-state index contributed by atoms with van der Waals surface area (Å²) >= 11 is 1.47. The molecule has 5 N–H and O–H groups in total. The Bertz CT molecular complexity index is 1220. The van der Waals surface area contributed by atoms with Crippen molar-refractivity contribution in [1.29, 1.82) is 0 Å². The number of nitrogens with one attached hydrogen (secondary N) is 3. The van der Waals surface area contributed by atoms with E-state index in [4.69, 9.17) is 9.29 Å². The highest BCUT2D eigenvalue weighted by molar-refractivity contribution is 7.87. The van der Waals surface area contributed by atoms with Gasteiger partial charge in [0.1, 0.15) is 11.2 Å². The number of ether oxygens (including phenoxy) is 1. The highest BCUT2D eigenvalue weighted by Gasteiger charge is 2.27. The molecule has 36 heavy (non-hydrogen) atoms. The number of methoxy groups -OCH3 is 1. The second-order valence-corrected chi connectivity index (χ2v) is 10.1. The van der Waals surface area contributed by atoms with Crippen molar-refractivity contribution in [3.05, 3.63) is 81.8 Å². The summed E-state index contributed by atoms with van der Waals surface area (Å²) in [6.07, 6.45) is -0.231. The Morgan fingerprint density at radius 1 is 1.08 bits per heavy atom. The van der Waals surface area contributed by atoms with E-state index in [0.717, 1.165) is 28.2 Å². The molecule has 1 heterocycles. The molecule has 3 atom stereocenters. The molecule has 0 fully saturated rings. The maximum Gasteiger partial charge on any atom is 0.407 e. The zero-order valence-corrected chi connectivity index (χ0v) is 21.6. The first-order valence-corrected chi connectivity index (χ1v) is 13.6. The number of aliphatic hydroxyl groups is 1. The van der Waals surface area contributed by atoms with Crippen molar-refractivity contribution in [3.8, 4) is 0 Å². The molecule has 0 bridgehead atoms. The first kappa shape index (κ1) is 27.6. The van der Waals surface area contributed by atoms with Crippen molar-refractivity contribution in [3.63, 3.8) is 0 Å². The summed E-state index contributed by atoms with van der Waals surface area (Å²) < 4.78 is 37.8. The summed E-state index contributed by atoms with van der Waals surface area (Å²) in [5.41, 5.74) is 2.92. The van der Waals surface area contributed by atoms with E-state index in [0.29, 0.717) is 12.8 Å². The van der Waals surface area contributed by atoms with E-state index < -0.39 is 34.7 Å². The van der Waals surface area contributed by atoms with Crippen molar-refractivity contribution in [2.24, 2.45) is 0 Å². The number of nitrogens with zero attached hydrogens (tertiary/aromatic N) is 1. The number of amides is 1. The lowest BCUT2D eigenvalue weighted by atomic mass is 10.0. The van der Waals surface area contributed by atoms with Crippen LogP contribution in [0, 0.1) is 0 Å². The third-order valence-corrected chi connectivity index (χ3v) is 6.91. The number of aryl methyl sites for hydroxylation is 1. The largest absolute Gasteiger partial charge is 0.453 e. The van der Waals surface area contributed by atoms with Gasteiger partial charge in [0.05, 0.1) is 30.6 Å². The summed E-state index contributed by atoms with van der Waals surface area (Å²) in [5.74, 6) is 0. The van der Waals surface area contributed by atoms with Crippen LogP contribution in [0.1, 0.15) is 34.8 Å². The molecule has 0 radical (unpaired) electrons. The number of carbonyl (C=O) groups is 1. The van der Waals surface area contributed by atoms with Gasteiger partial charge in [0.25, 0.3) is 0 Å². The Kier molecular flexibility index (Phi) is 9.79. The molecule has 0 saturated carbocycles. The molecule has 0 aliphatic carbocycles. The van der Waals surface area contributed by atoms with Crippen LogP contribution in [0.4, 0.5) is 10.5 Å². The second kappa shape index (κ2) is 12.8. The van der Waals surface area contributed by atoms with Gasteiger partial charge in [-0.2, -0.15) is 8.42 Å². The third kappa shape index (κ3) is 8.57. The van der Waals surface area contributed by atoms with E-state index in [1.165, 1.54) is 30.6 Å². The number of thiazole rings is 1. The van der Waals surface area contributed by atoms with E-state index in [-0.39, 0.29) is 5.69 Å². The van der Waals surface area contributed by atoms with Gasteiger partial charge in [-0.1, -0.05) is 49.4 Å². The second-order valence-electron chi connectivity index (χ2n) is 8.11. The summed E-state index contributed by atoms with van der Waals surface area (Å²) in [5, 5.41) is 19.8. The van der Waals surface area contributed by atoms with E-state index in [1.807, 2.05) is 47.4 Å². The van der Waals surface area contributed by atoms with Crippen molar-refractivity contribution >= 4 is 33.4 Å². The Balaban J connectivity index is 1.82. The number of hydrogen-bond donors (Lipinski definition) is 5. The summed E-state index contributed by atoms with van der Waals surface area (Å²) in [6, 6.07) is 14.9. The number of aromatic nitrogens is 1. The molecule has 0 saturated heterocycles. The van der Waals surface area contributed by atoms with Crippen LogP contribution >= 0.6 is 11.3 Å². The summed E-state index contributed by atoms with van der Waals surface area (Å²) in [7, 11) is -3.10. The average Bonchev–Trinajstić information content (AvgIpc) is 3.33. The fourth-order valence-electron chi connectivity index (χ4n) is 3.60. The van der Waals surface area contributed by atoms with Gasteiger partial charge in [-0.25, -0.2) is 9.78 Å². The normalized spacial score (nSPS) is 14.0. The van der Waals surface area contributed by atoms with E-state index in [2.05, 4.69) is 15.6 Å². The molecule has 10 nitrogen and oxygen atoms in total. The van der Waals surface area contributed by atoms with Gasteiger partial charge in [-0.05, 0) is 42.5 Å². The number of carbonyl (C=O) groups excluding carboxylic acids is 1. The fourth-order valence-corrected chi connectivity index (χ4v) is 4.99. The topological polar surface area (TPSA) is 150 Å². The average molecular weight is 535 g/mol. The van der Waals surface area contributed by atoms with Gasteiger partial charge >= 0.3 is 16.4 Å². The number of benzene rings is 2. The van der Waals surface area contributed by atoms with E-state index in [1.54, 1.807) is 12.1 Å². The Morgan fingerprint density at radius 2 is 1.75 bits per heavy atom. The quantitative estimate of drug-likeness (QED) is 0.176. The molecular weight excluding hydrogens is 504 g/mol. The van der Waals surface area contributed by atoms with Crippen LogP contribution in [0.25, 0.3) is 0 Å². The fraction of sp³-hybridized carbons (Fsp3) is 0.333. The number of alkyl carbamates (subject to hydrolysis) is 1. The molecule has 0 aliphatic rings. The molecule has 1 unspecified atom stereocenters. The molecule has 194 valence electrons. The Morgan fingerprint density at radius 3 is 2.33 bits per heavy atom. The van der Waals surface area contributed by atoms with Crippen molar-refractivity contribution < 1.29 is 27.6 Å². The number of anilines is 1. The maximum atomic E-state index is 12.0. The predicted octanol–water partition coefficient (Wildman–Crippen LogP) is 3.08. The van der Waals surface area contributed by atoms with Crippen LogP contribution in [-0.2, 0) is 34.3 Å². The van der Waals surface area contributed by atoms with E-state index >= 15 is 0 Å². The lowest BCUT2D eigenvalue weighted by Crippen LogP contribution is -2.52. The van der Waals surface area contributed by atoms with Gasteiger partial charge < -0.3 is 15.2 Å². The molecule has 1 aromatic heterocycles. The minimum atomic E-state index is -4.37. The van der Waals surface area contributed by atoms with Crippen LogP contribution < -0.4 is 15.4 Å². The van der Waals surface area contributed by atoms with Crippen LogP contribution in [0.15, 0.2) is 60.0 Å². The minimum absolute atomic E-state index is 0.221. The van der Waals surface area contributed by atoms with E-state index in [9.17, 15) is 18.3 Å². The van der Waals surface area contributed by atoms with Gasteiger partial charge in [0.15, 0.2) is 0 Å². The van der Waals surface area contributed by atoms with Crippen LogP contribution in [0.2, 0.25) is 0 Å². The highest BCUT2D eigenvalue weighted by Crippen LogP contribution is 2.25. The molecule has 2 aromatic carbocycles. The van der Waals surface area contributed by atoms with Gasteiger partial charge in [-0.15, -0.1) is 11.3 Å². The zero-order chi connectivity index (χ0) is 26.1. The SMILES string of the molecule is CCc1csc([C@H](Cc2ccc(NS(=O)(=O)O)cc2)NC(O)[C@H](Cc2ccccc2)NC(=O)OC)n1. The molecule has 12 heteroatoms. The molecule has 0 aliphatic heterocycles. The molecule has 3 rings (SSSR count). The standard InChI is InChI=1S/C24H30N4O6S2/c1-3-18-15-35-23(25-18)21(14-17-9-11-19(12-10-17)28-36(31,32)33)26-22(29)20(27-24(30)34-2)13-16-7-5-4-6-8-16/h4-12,15,20-22,26,28-29H,3,13-14H2,1-2H3,(H,27,30)(H,31,32,33)/t20-,21-,22?/m0/s1. The van der Waals surface area contributed by atoms with Gasteiger partial charge in [0, 0.05) is 5.38 Å². The number of rotatable bonds is 12.